The third-order valence-corrected chi connectivity index (χ3v) is 3.81. The van der Waals surface area contributed by atoms with Crippen molar-refractivity contribution in [3.8, 4) is 0 Å². The Hall–Kier alpha value is -3.15. The van der Waals surface area contributed by atoms with E-state index in [0.29, 0.717) is 29.1 Å². The lowest BCUT2D eigenvalue weighted by Crippen LogP contribution is -2.32. The Morgan fingerprint density at radius 2 is 1.79 bits per heavy atom. The number of para-hydroxylation sites is 2. The topological polar surface area (TPSA) is 85.0 Å². The lowest BCUT2D eigenvalue weighted by molar-refractivity contribution is -0.143. The van der Waals surface area contributed by atoms with Crippen molar-refractivity contribution in [2.45, 2.75) is 19.8 Å². The summed E-state index contributed by atoms with van der Waals surface area (Å²) in [5.41, 5.74) is 9.08. The molecule has 3 rings (SSSR count). The third-order valence-electron chi connectivity index (χ3n) is 3.81. The van der Waals surface area contributed by atoms with Gasteiger partial charge in [0.2, 0.25) is 0 Å². The van der Waals surface area contributed by atoms with Crippen molar-refractivity contribution in [3.63, 3.8) is 0 Å². The van der Waals surface area contributed by atoms with Gasteiger partial charge in [-0.25, -0.2) is 9.59 Å². The molecule has 1 aliphatic heterocycles. The average molecular weight is 323 g/mol. The van der Waals surface area contributed by atoms with Gasteiger partial charge in [-0.2, -0.15) is 0 Å². The smallest absolute Gasteiger partial charge is 0.334 e. The highest BCUT2D eigenvalue weighted by atomic mass is 16.7. The molecule has 0 radical (unpaired) electrons. The van der Waals surface area contributed by atoms with E-state index < -0.39 is 12.0 Å². The lowest BCUT2D eigenvalue weighted by Gasteiger charge is -2.22. The second-order valence-electron chi connectivity index (χ2n) is 5.35. The minimum Gasteiger partial charge on any atom is -0.351 e. The van der Waals surface area contributed by atoms with Gasteiger partial charge in [0.15, 0.2) is 0 Å². The van der Waals surface area contributed by atoms with Crippen molar-refractivity contribution in [1.82, 2.24) is 0 Å². The highest BCUT2D eigenvalue weighted by Crippen LogP contribution is 2.35. The van der Waals surface area contributed by atoms with Crippen molar-refractivity contribution < 1.29 is 14.4 Å². The van der Waals surface area contributed by atoms with Crippen LogP contribution in [0.4, 0.5) is 16.2 Å². The molecule has 0 fully saturated rings. The molecule has 0 atom stereocenters. The van der Waals surface area contributed by atoms with Crippen LogP contribution < -0.4 is 10.6 Å². The molecule has 0 saturated heterocycles. The molecule has 2 aromatic carbocycles. The van der Waals surface area contributed by atoms with Crippen molar-refractivity contribution >= 4 is 29.1 Å². The minimum atomic E-state index is -0.582. The molecule has 122 valence electrons. The maximum atomic E-state index is 12.1. The van der Waals surface area contributed by atoms with Gasteiger partial charge in [0.05, 0.1) is 17.1 Å². The first kappa shape index (κ1) is 15.7. The van der Waals surface area contributed by atoms with Crippen LogP contribution in [-0.2, 0) is 16.1 Å². The molecular formula is C18H17N3O3. The Balaban J connectivity index is 2.19. The first-order chi connectivity index (χ1) is 11.6. The maximum Gasteiger partial charge on any atom is 0.334 e. The van der Waals surface area contributed by atoms with Crippen LogP contribution in [0, 0.1) is 0 Å². The summed E-state index contributed by atoms with van der Waals surface area (Å²) >= 11 is 0. The van der Waals surface area contributed by atoms with E-state index in [-0.39, 0.29) is 6.42 Å². The number of rotatable bonds is 2. The summed E-state index contributed by atoms with van der Waals surface area (Å²) in [7, 11) is 0. The molecular weight excluding hydrogens is 306 g/mol. The van der Waals surface area contributed by atoms with E-state index in [0.717, 1.165) is 5.56 Å². The second-order valence-corrected chi connectivity index (χ2v) is 5.35. The zero-order valence-electron chi connectivity index (χ0n) is 13.2. The second kappa shape index (κ2) is 6.54. The Labute approximate surface area is 139 Å². The average Bonchev–Trinajstić information content (AvgIpc) is 2.73. The number of hydrogen-bond acceptors (Lipinski definition) is 4. The lowest BCUT2D eigenvalue weighted by atomic mass is 10.0. The number of urea groups is 1. The molecule has 2 amide bonds. The Bertz CT molecular complexity index is 830. The highest BCUT2D eigenvalue weighted by Gasteiger charge is 2.27. The number of benzene rings is 2. The van der Waals surface area contributed by atoms with Gasteiger partial charge in [0.1, 0.15) is 0 Å². The predicted octanol–water partition coefficient (Wildman–Crippen LogP) is 3.12. The van der Waals surface area contributed by atoms with Crippen LogP contribution in [0.25, 0.3) is 0 Å². The SMILES string of the molecule is CCC(=O)O/N=C1/Cc2ccccc2N(C(N)=O)c2ccccc21. The van der Waals surface area contributed by atoms with Crippen LogP contribution in [0.1, 0.15) is 24.5 Å². The van der Waals surface area contributed by atoms with Crippen molar-refractivity contribution in [2.75, 3.05) is 4.90 Å². The number of carbonyl (C=O) groups is 2. The van der Waals surface area contributed by atoms with Gasteiger partial charge in [-0.05, 0) is 17.7 Å². The standard InChI is InChI=1S/C18H17N3O3/c1-2-17(22)24-20-14-11-12-7-3-5-9-15(12)21(18(19)23)16-10-6-4-8-13(14)16/h3-10H,2,11H2,1H3,(H2,19,23)/b20-14-. The van der Waals surface area contributed by atoms with E-state index in [4.69, 9.17) is 10.6 Å². The number of hydrogen-bond donors (Lipinski definition) is 1. The molecule has 1 aliphatic rings. The number of carbonyl (C=O) groups excluding carboxylic acids is 2. The summed E-state index contributed by atoms with van der Waals surface area (Å²) < 4.78 is 0. The van der Waals surface area contributed by atoms with Gasteiger partial charge < -0.3 is 10.6 Å². The molecule has 0 bridgehead atoms. The summed E-state index contributed by atoms with van der Waals surface area (Å²) in [6.45, 7) is 1.70. The Kier molecular flexibility index (Phi) is 4.29. The fourth-order valence-electron chi connectivity index (χ4n) is 2.69. The number of nitrogens with zero attached hydrogens (tertiary/aromatic N) is 2. The van der Waals surface area contributed by atoms with E-state index in [1.807, 2.05) is 42.5 Å². The number of nitrogens with two attached hydrogens (primary N) is 1. The fraction of sp³-hybridized carbons (Fsp3) is 0.167. The maximum absolute atomic E-state index is 12.1. The zero-order valence-corrected chi connectivity index (χ0v) is 13.2. The highest BCUT2D eigenvalue weighted by molar-refractivity contribution is 6.13. The summed E-state index contributed by atoms with van der Waals surface area (Å²) in [6.07, 6.45) is 0.663. The van der Waals surface area contributed by atoms with Gasteiger partial charge in [-0.15, -0.1) is 0 Å². The van der Waals surface area contributed by atoms with E-state index in [9.17, 15) is 9.59 Å². The number of amides is 2. The molecule has 0 saturated carbocycles. The molecule has 6 nitrogen and oxygen atoms in total. The van der Waals surface area contributed by atoms with Crippen LogP contribution in [0.2, 0.25) is 0 Å². The molecule has 0 unspecified atom stereocenters. The first-order valence-electron chi connectivity index (χ1n) is 7.65. The summed E-state index contributed by atoms with van der Waals surface area (Å²) in [6, 6.07) is 14.1. The fourth-order valence-corrected chi connectivity index (χ4v) is 2.69. The summed E-state index contributed by atoms with van der Waals surface area (Å²) in [4.78, 5) is 30.0. The first-order valence-corrected chi connectivity index (χ1v) is 7.65. The van der Waals surface area contributed by atoms with E-state index in [1.54, 1.807) is 13.0 Å². The summed E-state index contributed by atoms with van der Waals surface area (Å²) in [5, 5.41) is 4.04. The van der Waals surface area contributed by atoms with Gasteiger partial charge in [-0.1, -0.05) is 48.5 Å². The number of oxime groups is 1. The molecule has 0 spiro atoms. The number of anilines is 2. The van der Waals surface area contributed by atoms with Crippen molar-refractivity contribution in [3.05, 3.63) is 59.7 Å². The van der Waals surface area contributed by atoms with Crippen LogP contribution in [0.15, 0.2) is 53.7 Å². The van der Waals surface area contributed by atoms with E-state index in [1.165, 1.54) is 4.90 Å². The molecule has 6 heteroatoms. The van der Waals surface area contributed by atoms with Crippen molar-refractivity contribution in [1.29, 1.82) is 0 Å². The number of fused-ring (bicyclic) bond motifs is 2. The van der Waals surface area contributed by atoms with E-state index >= 15 is 0 Å². The third kappa shape index (κ3) is 2.86. The quantitative estimate of drug-likeness (QED) is 0.680. The monoisotopic (exact) mass is 323 g/mol. The van der Waals surface area contributed by atoms with Crippen LogP contribution >= 0.6 is 0 Å². The van der Waals surface area contributed by atoms with Gasteiger partial charge in [-0.3, -0.25) is 4.90 Å². The molecule has 2 aromatic rings. The van der Waals surface area contributed by atoms with Crippen molar-refractivity contribution in [2.24, 2.45) is 10.9 Å². The van der Waals surface area contributed by atoms with Crippen LogP contribution in [0.5, 0.6) is 0 Å². The Morgan fingerprint density at radius 3 is 2.50 bits per heavy atom. The zero-order chi connectivity index (χ0) is 17.1. The summed E-state index contributed by atoms with van der Waals surface area (Å²) in [5.74, 6) is -0.413. The number of primary amides is 1. The molecule has 0 aromatic heterocycles. The molecule has 2 N–H and O–H groups in total. The normalized spacial score (nSPS) is 14.5. The molecule has 1 heterocycles. The molecule has 24 heavy (non-hydrogen) atoms. The largest absolute Gasteiger partial charge is 0.351 e. The molecule has 0 aliphatic carbocycles. The van der Waals surface area contributed by atoms with Gasteiger partial charge in [0, 0.05) is 18.4 Å². The van der Waals surface area contributed by atoms with Gasteiger partial charge in [0.25, 0.3) is 0 Å². The minimum absolute atomic E-state index is 0.239. The Morgan fingerprint density at radius 1 is 1.12 bits per heavy atom. The van der Waals surface area contributed by atoms with Gasteiger partial charge >= 0.3 is 12.0 Å². The van der Waals surface area contributed by atoms with E-state index in [2.05, 4.69) is 5.16 Å². The predicted molar refractivity (Wildman–Crippen MR) is 91.2 cm³/mol. The van der Waals surface area contributed by atoms with Crippen LogP contribution in [-0.4, -0.2) is 17.7 Å². The van der Waals surface area contributed by atoms with Crippen LogP contribution in [0.3, 0.4) is 0 Å².